The van der Waals surface area contributed by atoms with E-state index in [1.807, 2.05) is 45.2 Å². The Labute approximate surface area is 299 Å². The second-order valence-electron chi connectivity index (χ2n) is 11.7. The predicted octanol–water partition coefficient (Wildman–Crippen LogP) is -1.68. The molecule has 0 aromatic heterocycles. The molecule has 45 heavy (non-hydrogen) atoms. The third-order valence-electron chi connectivity index (χ3n) is 7.28. The Balaban J connectivity index is 1.72. The quantitative estimate of drug-likeness (QED) is 0.0856. The highest BCUT2D eigenvalue weighted by molar-refractivity contribution is 14.1. The van der Waals surface area contributed by atoms with E-state index in [4.69, 9.17) is 23.7 Å². The lowest BCUT2D eigenvalue weighted by molar-refractivity contribution is -0.322. The summed E-state index contributed by atoms with van der Waals surface area (Å²) in [5, 5.41) is 56.5. The van der Waals surface area contributed by atoms with Crippen LogP contribution in [0.1, 0.15) is 27.7 Å². The molecule has 8 N–H and O–H groups in total. The van der Waals surface area contributed by atoms with Gasteiger partial charge in [-0.15, -0.1) is 0 Å². The minimum Gasteiger partial charge on any atom is -0.394 e. The Morgan fingerprint density at radius 2 is 1.36 bits per heavy atom. The van der Waals surface area contributed by atoms with Gasteiger partial charge in [-0.3, -0.25) is 14.4 Å². The number of nitrogens with one attached hydrogen (secondary N) is 3. The third kappa shape index (κ3) is 7.34. The highest BCUT2D eigenvalue weighted by Crippen LogP contribution is 2.62. The number of carbonyl (C=O) groups excluding carboxylic acids is 3. The number of alkyl halides is 1. The van der Waals surface area contributed by atoms with Gasteiger partial charge in [0.2, 0.25) is 5.72 Å². The average Bonchev–Trinajstić information content (AvgIpc) is 3.50. The monoisotopic (exact) mass is 979 g/mol. The fourth-order valence-corrected chi connectivity index (χ4v) is 10.4. The number of aliphatic hydroxyl groups excluding tert-OH is 5. The van der Waals surface area contributed by atoms with Crippen LogP contribution in [0.2, 0.25) is 0 Å². The second kappa shape index (κ2) is 13.9. The van der Waals surface area contributed by atoms with Gasteiger partial charge in [-0.1, -0.05) is 0 Å². The lowest BCUT2D eigenvalue weighted by Gasteiger charge is -2.41. The highest BCUT2D eigenvalue weighted by Gasteiger charge is 2.68. The van der Waals surface area contributed by atoms with Crippen LogP contribution in [0.15, 0.2) is 18.3 Å². The van der Waals surface area contributed by atoms with Crippen molar-refractivity contribution in [3.8, 4) is 0 Å². The normalized spacial score (nSPS) is 34.9. The van der Waals surface area contributed by atoms with Gasteiger partial charge in [-0.25, -0.2) is 0 Å². The summed E-state index contributed by atoms with van der Waals surface area (Å²) in [6.07, 6.45) is -7.13. The van der Waals surface area contributed by atoms with Crippen molar-refractivity contribution >= 4 is 85.5 Å². The Kier molecular flexibility index (Phi) is 11.6. The van der Waals surface area contributed by atoms with Crippen LogP contribution in [0.4, 0.5) is 0 Å². The molecule has 4 aliphatic heterocycles. The summed E-state index contributed by atoms with van der Waals surface area (Å²) in [6.45, 7) is 4.59. The molecule has 0 radical (unpaired) electrons. The van der Waals surface area contributed by atoms with Crippen LogP contribution in [-0.4, -0.2) is 134 Å². The van der Waals surface area contributed by atoms with Crippen LogP contribution < -0.4 is 16.0 Å². The number of fused-ring (bicyclic) bond motifs is 2. The number of hydrogen-bond donors (Lipinski definition) is 8. The van der Waals surface area contributed by atoms with Crippen molar-refractivity contribution in [1.29, 1.82) is 0 Å². The number of hydrogen-bond acceptors (Lipinski definition) is 13. The molecule has 2 bridgehead atoms. The molecule has 0 aromatic rings. The molecular weight excluding hydrogens is 943 g/mol. The SMILES string of the molecule is CC1(C)OC[C@H](O)[C@H]([C@@H]2OC(C)(C)O[C@@H]2C(=O)NC23OC(I)(C(C(=O)NCC(O)CO)=C2I)C(C(=O)NCC(O)CO)=C3I)O1. The molecule has 6 atom stereocenters. The molecule has 16 nitrogen and oxygen atoms in total. The number of aliphatic hydroxyl groups is 5. The molecule has 4 heterocycles. The van der Waals surface area contributed by atoms with Crippen molar-refractivity contribution in [2.24, 2.45) is 0 Å². The van der Waals surface area contributed by atoms with Crippen molar-refractivity contribution in [1.82, 2.24) is 16.0 Å². The van der Waals surface area contributed by atoms with Gasteiger partial charge in [-0.2, -0.15) is 0 Å². The number of carbonyl (C=O) groups is 3. The average molecular weight is 979 g/mol. The first-order valence-corrected chi connectivity index (χ1v) is 17.1. The molecule has 2 unspecified atom stereocenters. The van der Waals surface area contributed by atoms with Gasteiger partial charge < -0.3 is 65.2 Å². The first-order valence-electron chi connectivity index (χ1n) is 13.8. The van der Waals surface area contributed by atoms with E-state index in [1.54, 1.807) is 50.3 Å². The van der Waals surface area contributed by atoms with E-state index in [2.05, 4.69) is 16.0 Å². The van der Waals surface area contributed by atoms with E-state index in [0.29, 0.717) is 0 Å². The molecule has 0 aromatic carbocycles. The van der Waals surface area contributed by atoms with E-state index in [1.165, 1.54) is 0 Å². The van der Waals surface area contributed by atoms with Crippen molar-refractivity contribution in [3.05, 3.63) is 18.3 Å². The summed E-state index contributed by atoms with van der Waals surface area (Å²) in [5.41, 5.74) is -1.94. The van der Waals surface area contributed by atoms with Crippen LogP contribution in [0.5, 0.6) is 0 Å². The van der Waals surface area contributed by atoms with Gasteiger partial charge in [0.05, 0.1) is 50.3 Å². The Hall–Kier alpha value is -0.320. The Morgan fingerprint density at radius 3 is 1.84 bits per heavy atom. The molecular formula is C26H36I3N3O13. The zero-order chi connectivity index (χ0) is 33.7. The van der Waals surface area contributed by atoms with Gasteiger partial charge in [0.15, 0.2) is 21.3 Å². The molecule has 19 heteroatoms. The summed E-state index contributed by atoms with van der Waals surface area (Å²) in [6, 6.07) is 0. The van der Waals surface area contributed by atoms with Crippen molar-refractivity contribution in [3.63, 3.8) is 0 Å². The standard InChI is InChI=1S/C26H36I3N3O13/c1-23(2)41-9-12(37)15(42-23)16-17(44-24(3,4)43-16)22(40)32-26-18(27)13(20(38)30-5-10(35)7-33)25(29,45-26)14(19(26)28)21(39)31-6-11(36)8-34/h10-12,15-17,33-37H,5-9H2,1-4H3,(H,30,38)(H,31,39)(H,32,40)/t10?,11?,12-,15+,16-,17-,25?,26?/m0/s1. The van der Waals surface area contributed by atoms with E-state index in [-0.39, 0.29) is 38.0 Å². The van der Waals surface area contributed by atoms with E-state index >= 15 is 0 Å². The molecule has 254 valence electrons. The summed E-state index contributed by atoms with van der Waals surface area (Å²) < 4.78 is 28.5. The molecule has 2 fully saturated rings. The van der Waals surface area contributed by atoms with Crippen molar-refractivity contribution in [2.75, 3.05) is 32.9 Å². The molecule has 4 aliphatic rings. The summed E-state index contributed by atoms with van der Waals surface area (Å²) >= 11 is 5.46. The first kappa shape index (κ1) is 37.5. The molecule has 3 amide bonds. The molecule has 0 spiro atoms. The molecule has 2 saturated heterocycles. The third-order valence-corrected chi connectivity index (χ3v) is 11.2. The maximum Gasteiger partial charge on any atom is 0.254 e. The number of ether oxygens (including phenoxy) is 5. The van der Waals surface area contributed by atoms with Crippen LogP contribution in [0.3, 0.4) is 0 Å². The minimum absolute atomic E-state index is 0.0483. The highest BCUT2D eigenvalue weighted by atomic mass is 127. The predicted molar refractivity (Wildman–Crippen MR) is 178 cm³/mol. The van der Waals surface area contributed by atoms with E-state index in [9.17, 15) is 39.9 Å². The summed E-state index contributed by atoms with van der Waals surface area (Å²) in [4.78, 5) is 41.1. The summed E-state index contributed by atoms with van der Waals surface area (Å²) in [7, 11) is 0. The Bertz CT molecular complexity index is 1230. The minimum atomic E-state index is -1.85. The molecule has 4 rings (SSSR count). The zero-order valence-electron chi connectivity index (χ0n) is 24.6. The zero-order valence-corrected chi connectivity index (χ0v) is 31.1. The van der Waals surface area contributed by atoms with E-state index in [0.717, 1.165) is 0 Å². The topological polar surface area (TPSA) is 235 Å². The maximum atomic E-state index is 14.1. The van der Waals surface area contributed by atoms with Gasteiger partial charge in [0.25, 0.3) is 17.7 Å². The fraction of sp³-hybridized carbons (Fsp3) is 0.731. The van der Waals surface area contributed by atoms with Crippen molar-refractivity contribution < 1.29 is 63.6 Å². The second-order valence-corrected chi connectivity index (χ2v) is 15.4. The fourth-order valence-electron chi connectivity index (χ4n) is 5.20. The van der Waals surface area contributed by atoms with Gasteiger partial charge in [0.1, 0.15) is 18.3 Å². The Morgan fingerprint density at radius 1 is 0.867 bits per heavy atom. The maximum absolute atomic E-state index is 14.1. The first-order chi connectivity index (χ1) is 20.8. The lowest BCUT2D eigenvalue weighted by atomic mass is 9.93. The number of halogens is 3. The van der Waals surface area contributed by atoms with Crippen LogP contribution in [0, 0.1) is 0 Å². The number of amides is 3. The molecule has 0 saturated carbocycles. The summed E-state index contributed by atoms with van der Waals surface area (Å²) in [5.74, 6) is -4.58. The smallest absolute Gasteiger partial charge is 0.254 e. The van der Waals surface area contributed by atoms with Crippen molar-refractivity contribution in [2.45, 2.75) is 85.2 Å². The number of rotatable bonds is 11. The largest absolute Gasteiger partial charge is 0.394 e. The van der Waals surface area contributed by atoms with Crippen LogP contribution >= 0.6 is 67.8 Å². The van der Waals surface area contributed by atoms with Gasteiger partial charge >= 0.3 is 0 Å². The molecule has 0 aliphatic carbocycles. The van der Waals surface area contributed by atoms with Gasteiger partial charge in [-0.05, 0) is 95.5 Å². The van der Waals surface area contributed by atoms with E-state index < -0.39 is 88.5 Å². The van der Waals surface area contributed by atoms with Crippen LogP contribution in [0.25, 0.3) is 0 Å². The lowest BCUT2D eigenvalue weighted by Crippen LogP contribution is -2.60. The van der Waals surface area contributed by atoms with Crippen LogP contribution in [-0.2, 0) is 38.1 Å². The van der Waals surface area contributed by atoms with Gasteiger partial charge in [0, 0.05) is 13.1 Å².